The average Bonchev–Trinajstić information content (AvgIpc) is 2.67. The Bertz CT molecular complexity index is 373. The minimum atomic E-state index is -0.0496. The summed E-state index contributed by atoms with van der Waals surface area (Å²) in [5.41, 5.74) is 0.0736. The molecule has 6 nitrogen and oxygen atoms in total. The Balaban J connectivity index is 2.47. The van der Waals surface area contributed by atoms with Crippen molar-refractivity contribution in [3.05, 3.63) is 9.81 Å². The minimum Gasteiger partial charge on any atom is -0.258 e. The molecule has 0 radical (unpaired) electrons. The third-order valence-corrected chi connectivity index (χ3v) is 5.85. The lowest BCUT2D eigenvalue weighted by Crippen LogP contribution is -2.52. The predicted octanol–water partition coefficient (Wildman–Crippen LogP) is 2.41. The summed E-state index contributed by atoms with van der Waals surface area (Å²) in [6.45, 7) is 6.67. The van der Waals surface area contributed by atoms with Crippen molar-refractivity contribution in [1.29, 1.82) is 0 Å². The molecule has 2 aliphatic carbocycles. The predicted molar refractivity (Wildman–Crippen MR) is 69.3 cm³/mol. The first-order chi connectivity index (χ1) is 8.31. The zero-order valence-electron chi connectivity index (χ0n) is 11.8. The maximum atomic E-state index is 10.9. The highest BCUT2D eigenvalue weighted by atomic mass is 16.3. The van der Waals surface area contributed by atoms with Crippen LogP contribution in [-0.2, 0) is 0 Å². The van der Waals surface area contributed by atoms with Crippen LogP contribution in [0.4, 0.5) is 0 Å². The van der Waals surface area contributed by atoms with E-state index >= 15 is 0 Å². The summed E-state index contributed by atoms with van der Waals surface area (Å²) in [6, 6.07) is -0.0783. The summed E-state index contributed by atoms with van der Waals surface area (Å²) >= 11 is 0. The molecular weight excluding hydrogens is 232 g/mol. The highest BCUT2D eigenvalue weighted by molar-refractivity contribution is 5.19. The monoisotopic (exact) mass is 254 g/mol. The zero-order chi connectivity index (χ0) is 13.7. The van der Waals surface area contributed by atoms with E-state index in [1.807, 2.05) is 0 Å². The normalized spacial score (nSPS) is 40.6. The molecule has 0 amide bonds. The molecule has 0 N–H and O–H groups in total. The van der Waals surface area contributed by atoms with E-state index in [1.54, 1.807) is 14.1 Å². The molecule has 0 aromatic carbocycles. The standard InChI is InChI=1S/C12H22N4O2/c1-11(2)8-6-7-12(11,3)10(16(5)14-18)9(8)15(4)13-17/h8-10H,6-7H2,1-5H3/t8-,9-,10+,12+/m1/s1. The molecular formula is C12H22N4O2. The van der Waals surface area contributed by atoms with Gasteiger partial charge in [-0.3, -0.25) is 10.0 Å². The van der Waals surface area contributed by atoms with Crippen molar-refractivity contribution in [3.63, 3.8) is 0 Å². The number of nitroso groups, excluding NO2 is 2. The maximum Gasteiger partial charge on any atom is 0.0781 e. The van der Waals surface area contributed by atoms with Crippen LogP contribution in [0.3, 0.4) is 0 Å². The highest BCUT2D eigenvalue weighted by Crippen LogP contribution is 2.67. The van der Waals surface area contributed by atoms with Crippen molar-refractivity contribution in [2.75, 3.05) is 14.1 Å². The lowest BCUT2D eigenvalue weighted by Gasteiger charge is -2.43. The molecule has 2 rings (SSSR count). The van der Waals surface area contributed by atoms with Crippen LogP contribution >= 0.6 is 0 Å². The van der Waals surface area contributed by atoms with Crippen LogP contribution in [0, 0.1) is 26.6 Å². The van der Waals surface area contributed by atoms with Gasteiger partial charge in [0.2, 0.25) is 0 Å². The Morgan fingerprint density at radius 1 is 1.06 bits per heavy atom. The van der Waals surface area contributed by atoms with Gasteiger partial charge in [0.15, 0.2) is 0 Å². The molecule has 0 aliphatic heterocycles. The third kappa shape index (κ3) is 1.34. The van der Waals surface area contributed by atoms with Crippen LogP contribution in [0.5, 0.6) is 0 Å². The molecule has 0 aromatic heterocycles. The lowest BCUT2D eigenvalue weighted by molar-refractivity contribution is 0.0243. The lowest BCUT2D eigenvalue weighted by atomic mass is 9.69. The second-order valence-electron chi connectivity index (χ2n) is 6.53. The Hall–Kier alpha value is -1.20. The highest BCUT2D eigenvalue weighted by Gasteiger charge is 2.68. The summed E-state index contributed by atoms with van der Waals surface area (Å²) in [5.74, 6) is 0.374. The number of likely N-dealkylation sites (N-methyl/N-ethyl adjacent to an activating group) is 2. The van der Waals surface area contributed by atoms with Gasteiger partial charge in [0, 0.05) is 14.1 Å². The van der Waals surface area contributed by atoms with E-state index in [4.69, 9.17) is 0 Å². The fourth-order valence-electron chi connectivity index (χ4n) is 4.49. The van der Waals surface area contributed by atoms with Crippen LogP contribution in [0.2, 0.25) is 0 Å². The fraction of sp³-hybridized carbons (Fsp3) is 1.00. The summed E-state index contributed by atoms with van der Waals surface area (Å²) < 4.78 is 0. The van der Waals surface area contributed by atoms with Gasteiger partial charge in [-0.1, -0.05) is 20.8 Å². The van der Waals surface area contributed by atoms with E-state index in [0.717, 1.165) is 12.8 Å². The second kappa shape index (κ2) is 3.90. The van der Waals surface area contributed by atoms with Crippen molar-refractivity contribution in [2.45, 2.75) is 45.7 Å². The van der Waals surface area contributed by atoms with Gasteiger partial charge >= 0.3 is 0 Å². The summed E-state index contributed by atoms with van der Waals surface area (Å²) in [5, 5.41) is 9.10. The molecule has 0 heterocycles. The number of hydrogen-bond donors (Lipinski definition) is 0. The summed E-state index contributed by atoms with van der Waals surface area (Å²) in [4.78, 5) is 21.8. The Morgan fingerprint density at radius 3 is 2.11 bits per heavy atom. The van der Waals surface area contributed by atoms with Crippen LogP contribution in [0.15, 0.2) is 10.6 Å². The molecule has 0 spiro atoms. The van der Waals surface area contributed by atoms with Crippen LogP contribution in [0.25, 0.3) is 0 Å². The van der Waals surface area contributed by atoms with Crippen LogP contribution < -0.4 is 0 Å². The summed E-state index contributed by atoms with van der Waals surface area (Å²) in [6.07, 6.45) is 2.15. The molecule has 2 aliphatic rings. The number of nitrogens with zero attached hydrogens (tertiary/aromatic N) is 4. The first-order valence-electron chi connectivity index (χ1n) is 6.43. The molecule has 0 unspecified atom stereocenters. The minimum absolute atomic E-state index is 0.00998. The molecule has 2 fully saturated rings. The Morgan fingerprint density at radius 2 is 1.61 bits per heavy atom. The van der Waals surface area contributed by atoms with Gasteiger partial charge in [-0.2, -0.15) is 0 Å². The van der Waals surface area contributed by atoms with Crippen molar-refractivity contribution in [2.24, 2.45) is 27.3 Å². The molecule has 0 saturated heterocycles. The third-order valence-electron chi connectivity index (χ3n) is 5.85. The van der Waals surface area contributed by atoms with Crippen LogP contribution in [0.1, 0.15) is 33.6 Å². The van der Waals surface area contributed by atoms with Gasteiger partial charge in [-0.15, -0.1) is 9.81 Å². The van der Waals surface area contributed by atoms with E-state index in [0.29, 0.717) is 5.92 Å². The average molecular weight is 254 g/mol. The zero-order valence-corrected chi connectivity index (χ0v) is 11.8. The van der Waals surface area contributed by atoms with Gasteiger partial charge in [0.1, 0.15) is 0 Å². The van der Waals surface area contributed by atoms with Crippen molar-refractivity contribution < 1.29 is 0 Å². The topological polar surface area (TPSA) is 65.3 Å². The van der Waals surface area contributed by atoms with E-state index in [1.165, 1.54) is 10.0 Å². The Kier molecular flexibility index (Phi) is 2.87. The largest absolute Gasteiger partial charge is 0.258 e. The molecule has 2 saturated carbocycles. The van der Waals surface area contributed by atoms with Gasteiger partial charge < -0.3 is 0 Å². The number of hydrogen-bond acceptors (Lipinski definition) is 4. The van der Waals surface area contributed by atoms with Crippen molar-refractivity contribution >= 4 is 0 Å². The van der Waals surface area contributed by atoms with Crippen LogP contribution in [-0.4, -0.2) is 36.2 Å². The van der Waals surface area contributed by atoms with Gasteiger partial charge in [0.05, 0.1) is 22.7 Å². The van der Waals surface area contributed by atoms with Gasteiger partial charge in [-0.05, 0) is 29.6 Å². The first kappa shape index (κ1) is 13.2. The van der Waals surface area contributed by atoms with Gasteiger partial charge in [-0.25, -0.2) is 0 Å². The van der Waals surface area contributed by atoms with E-state index in [9.17, 15) is 9.81 Å². The second-order valence-corrected chi connectivity index (χ2v) is 6.53. The SMILES string of the molecule is CN(N=O)[C@@H]1[C@H]2CC[C@@](C)([C@H]1N(C)N=O)C2(C)C. The first-order valence-corrected chi connectivity index (χ1v) is 6.43. The smallest absolute Gasteiger partial charge is 0.0781 e. The summed E-state index contributed by atoms with van der Waals surface area (Å²) in [7, 11) is 3.40. The van der Waals surface area contributed by atoms with Gasteiger partial charge in [0.25, 0.3) is 0 Å². The van der Waals surface area contributed by atoms with E-state index in [-0.39, 0.29) is 22.9 Å². The quantitative estimate of drug-likeness (QED) is 0.571. The molecule has 102 valence electrons. The Labute approximate surface area is 108 Å². The molecule has 4 atom stereocenters. The maximum absolute atomic E-state index is 10.9. The molecule has 0 aromatic rings. The van der Waals surface area contributed by atoms with E-state index < -0.39 is 0 Å². The number of rotatable bonds is 4. The number of fused-ring (bicyclic) bond motifs is 2. The van der Waals surface area contributed by atoms with Crippen molar-refractivity contribution in [1.82, 2.24) is 10.0 Å². The van der Waals surface area contributed by atoms with E-state index in [2.05, 4.69) is 31.3 Å². The molecule has 18 heavy (non-hydrogen) atoms. The van der Waals surface area contributed by atoms with Crippen molar-refractivity contribution in [3.8, 4) is 0 Å². The molecule has 2 bridgehead atoms. The fourth-order valence-corrected chi connectivity index (χ4v) is 4.49. The molecule has 6 heteroatoms.